The molecule has 0 amide bonds. The van der Waals surface area contributed by atoms with Gasteiger partial charge in [-0.1, -0.05) is 364 Å². The van der Waals surface area contributed by atoms with E-state index in [2.05, 4.69) is 146 Å². The molecule has 89 heavy (non-hydrogen) atoms. The Morgan fingerprint density at radius 3 is 0.315 bits per heavy atom. The summed E-state index contributed by atoms with van der Waals surface area (Å²) in [5, 5.41) is 8.98. The third-order valence-corrected chi connectivity index (χ3v) is 39.4. The Kier molecular flexibility index (Phi) is 16.8. The van der Waals surface area contributed by atoms with Crippen LogP contribution in [-0.2, 0) is 38.4 Å². The second kappa shape index (κ2) is 25.7. The molecule has 15 rings (SSSR count). The van der Waals surface area contributed by atoms with Crippen molar-refractivity contribution in [1.29, 1.82) is 0 Å². The Labute approximate surface area is 527 Å². The van der Waals surface area contributed by atoms with Gasteiger partial charge < -0.3 is 38.4 Å². The van der Waals surface area contributed by atoms with Crippen LogP contribution in [0, 0.1) is 0 Å². The van der Waals surface area contributed by atoms with Gasteiger partial charge in [-0.15, -0.1) is 0 Å². The maximum Gasteiger partial charge on any atom is 0.612 e. The SMILES string of the molecule is c1ccc([Si]2(c3ccccc3)OB3O[Si](c4ccccc4)(c4ccccc4)O[Si](c4ccccc4)(c4ccccc4)OB(O[Si](c4ccccc4)(c4ccccc4)O2)O[Si](c2ccccc2)(c2ccccc2)O[Si](c2ccccc2)(c2ccccc2)O3)cc1. The first kappa shape index (κ1) is 58.4. The molecule has 3 aliphatic heterocycles. The minimum absolute atomic E-state index is 0.748. The van der Waals surface area contributed by atoms with Crippen LogP contribution in [0.3, 0.4) is 0 Å². The molecule has 0 saturated carbocycles. The molecule has 0 aromatic heterocycles. The molecule has 0 aliphatic carbocycles. The number of benzene rings is 12. The molecule has 17 heteroatoms. The molecule has 0 atom stereocenters. The lowest BCUT2D eigenvalue weighted by atomic mass is 10.3. The van der Waals surface area contributed by atoms with Crippen molar-refractivity contribution in [3.05, 3.63) is 364 Å². The fraction of sp³-hybridized carbons (Fsp3) is 0. The minimum Gasteiger partial charge on any atom is -0.402 e. The summed E-state index contributed by atoms with van der Waals surface area (Å²) in [5.41, 5.74) is 0. The van der Waals surface area contributed by atoms with Gasteiger partial charge in [-0.25, -0.2) is 0 Å². The maximum atomic E-state index is 8.79. The number of hydrogen-bond donors (Lipinski definition) is 0. The summed E-state index contributed by atoms with van der Waals surface area (Å²) in [7, 11) is -30.8. The summed E-state index contributed by atoms with van der Waals surface area (Å²) in [6.07, 6.45) is 0. The standard InChI is InChI=1S/C72H60B2O9Si6/c1-13-37-61(38-14-1)84(62-39-15-2-16-40-62)75-73-76-86(65-45-21-5-22-46-65,66-47-23-6-24-48-66)82-88(69-53-29-9-30-54-69,70-55-31-10-32-56-70)79-74(78-85(81-84,63-41-17-3-18-42-63)64-43-19-4-20-44-64)80-89(71-57-33-11-34-58-71,72-59-35-12-36-60-72)83-87(77-73,67-49-25-7-26-50-67)68-51-27-8-28-52-68/h1-60H. The zero-order chi connectivity index (χ0) is 59.9. The van der Waals surface area contributed by atoms with Crippen LogP contribution >= 0.6 is 0 Å². The van der Waals surface area contributed by atoms with Crippen LogP contribution in [0.1, 0.15) is 0 Å². The van der Waals surface area contributed by atoms with Gasteiger partial charge in [0.1, 0.15) is 0 Å². The van der Waals surface area contributed by atoms with Crippen molar-refractivity contribution in [3.63, 3.8) is 0 Å². The largest absolute Gasteiger partial charge is 0.612 e. The molecule has 9 nitrogen and oxygen atoms in total. The molecule has 3 saturated heterocycles. The fourth-order valence-electron chi connectivity index (χ4n) is 12.1. The van der Waals surface area contributed by atoms with Gasteiger partial charge in [0, 0.05) is 0 Å². The molecule has 0 N–H and O–H groups in total. The highest BCUT2D eigenvalue weighted by atomic mass is 28.5. The van der Waals surface area contributed by atoms with Gasteiger partial charge in [-0.3, -0.25) is 0 Å². The van der Waals surface area contributed by atoms with E-state index >= 15 is 0 Å². The van der Waals surface area contributed by atoms with Gasteiger partial charge in [-0.05, 0) is 62.2 Å². The molecule has 3 heterocycles. The van der Waals surface area contributed by atoms with E-state index in [-0.39, 0.29) is 0 Å². The van der Waals surface area contributed by atoms with Gasteiger partial charge in [0.05, 0.1) is 0 Å². The Bertz CT molecular complexity index is 3260. The minimum atomic E-state index is -4.55. The number of hydrogen-bond acceptors (Lipinski definition) is 9. The van der Waals surface area contributed by atoms with Crippen molar-refractivity contribution >= 4 is 128 Å². The molecule has 2 bridgehead atoms. The topological polar surface area (TPSA) is 83.1 Å². The van der Waals surface area contributed by atoms with Crippen molar-refractivity contribution in [2.75, 3.05) is 0 Å². The van der Waals surface area contributed by atoms with Crippen LogP contribution in [0.2, 0.25) is 0 Å². The van der Waals surface area contributed by atoms with Crippen molar-refractivity contribution in [3.8, 4) is 0 Å². The lowest BCUT2D eigenvalue weighted by Gasteiger charge is -2.51. The Morgan fingerprint density at radius 1 is 0.135 bits per heavy atom. The number of rotatable bonds is 12. The van der Waals surface area contributed by atoms with Gasteiger partial charge in [0.15, 0.2) is 0 Å². The van der Waals surface area contributed by atoms with Crippen LogP contribution in [0.15, 0.2) is 364 Å². The van der Waals surface area contributed by atoms with Crippen molar-refractivity contribution in [1.82, 2.24) is 0 Å². The highest BCUT2D eigenvalue weighted by molar-refractivity contribution is 7.13. The third kappa shape index (κ3) is 11.2. The third-order valence-electron chi connectivity index (χ3n) is 16.3. The monoisotopic (exact) mass is 1260 g/mol. The zero-order valence-electron chi connectivity index (χ0n) is 48.5. The molecule has 3 aliphatic rings. The number of fused-ring (bicyclic) bond motifs is 12. The molecule has 0 spiro atoms. The van der Waals surface area contributed by atoms with E-state index in [1.807, 2.05) is 218 Å². The molecular weight excluding hydrogens is 1200 g/mol. The van der Waals surface area contributed by atoms with E-state index in [1.165, 1.54) is 0 Å². The molecule has 12 aromatic rings. The molecule has 0 unspecified atom stereocenters. The Hall–Kier alpha value is -8.29. The van der Waals surface area contributed by atoms with E-state index in [4.69, 9.17) is 38.4 Å². The second-order valence-electron chi connectivity index (χ2n) is 21.7. The lowest BCUT2D eigenvalue weighted by Crippen LogP contribution is -2.84. The smallest absolute Gasteiger partial charge is 0.402 e. The predicted octanol–water partition coefficient (Wildman–Crippen LogP) is 6.67. The fourth-order valence-corrected chi connectivity index (χ4v) is 37.8. The second-order valence-corrected chi connectivity index (χ2v) is 39.9. The first-order chi connectivity index (χ1) is 44.0. The average Bonchev–Trinajstić information content (AvgIpc) is 0.909. The summed E-state index contributed by atoms with van der Waals surface area (Å²) < 4.78 is 77.9. The quantitative estimate of drug-likeness (QED) is 0.125. The highest BCUT2D eigenvalue weighted by Gasteiger charge is 2.68. The first-order valence-electron chi connectivity index (χ1n) is 29.8. The first-order valence-corrected chi connectivity index (χ1v) is 40.7. The van der Waals surface area contributed by atoms with Gasteiger partial charge >= 0.3 is 66.0 Å². The summed E-state index contributed by atoms with van der Waals surface area (Å²) in [4.78, 5) is 0. The van der Waals surface area contributed by atoms with E-state index in [9.17, 15) is 0 Å². The lowest BCUT2D eigenvalue weighted by molar-refractivity contribution is 0.188. The maximum absolute atomic E-state index is 8.79. The zero-order valence-corrected chi connectivity index (χ0v) is 54.5. The van der Waals surface area contributed by atoms with Crippen molar-refractivity contribution in [2.45, 2.75) is 0 Å². The summed E-state index contributed by atoms with van der Waals surface area (Å²) in [5.74, 6) is 0. The van der Waals surface area contributed by atoms with E-state index in [0.29, 0.717) is 0 Å². The van der Waals surface area contributed by atoms with E-state index in [1.54, 1.807) is 0 Å². The van der Waals surface area contributed by atoms with Crippen LogP contribution in [0.25, 0.3) is 0 Å². The van der Waals surface area contributed by atoms with Crippen LogP contribution in [-0.4, -0.2) is 66.0 Å². The Balaban J connectivity index is 1.22. The van der Waals surface area contributed by atoms with Crippen molar-refractivity contribution < 1.29 is 38.4 Å². The summed E-state index contributed by atoms with van der Waals surface area (Å²) >= 11 is 0. The molecular formula is C72H60B2O9Si6. The molecule has 432 valence electrons. The van der Waals surface area contributed by atoms with Gasteiger partial charge in [-0.2, -0.15) is 0 Å². The van der Waals surface area contributed by atoms with Gasteiger partial charge in [0.2, 0.25) is 0 Å². The summed E-state index contributed by atoms with van der Waals surface area (Å²) in [6, 6.07) is 122. The molecule has 3 fully saturated rings. The Morgan fingerprint density at radius 2 is 0.225 bits per heavy atom. The predicted molar refractivity (Wildman–Crippen MR) is 369 cm³/mol. The molecule has 12 aromatic carbocycles. The average molecular weight is 1260 g/mol. The highest BCUT2D eigenvalue weighted by Crippen LogP contribution is 2.33. The van der Waals surface area contributed by atoms with E-state index < -0.39 is 66.0 Å². The normalized spacial score (nSPS) is 17.5. The summed E-state index contributed by atoms with van der Waals surface area (Å²) in [6.45, 7) is 0. The molecule has 0 radical (unpaired) electrons. The van der Waals surface area contributed by atoms with Crippen molar-refractivity contribution in [2.24, 2.45) is 0 Å². The van der Waals surface area contributed by atoms with Gasteiger partial charge in [0.25, 0.3) is 0 Å². The van der Waals surface area contributed by atoms with E-state index in [0.717, 1.165) is 62.2 Å². The van der Waals surface area contributed by atoms with Crippen LogP contribution in [0.5, 0.6) is 0 Å². The van der Waals surface area contributed by atoms with Crippen LogP contribution in [0.4, 0.5) is 0 Å². The van der Waals surface area contributed by atoms with Crippen LogP contribution < -0.4 is 62.2 Å².